The van der Waals surface area contributed by atoms with Gasteiger partial charge in [-0.15, -0.1) is 0 Å². The molecule has 0 saturated heterocycles. The van der Waals surface area contributed by atoms with Crippen LogP contribution in [0.15, 0.2) is 65.3 Å². The fourth-order valence-corrected chi connectivity index (χ4v) is 2.54. The van der Waals surface area contributed by atoms with E-state index in [1.165, 1.54) is 12.4 Å². The molecule has 148 valence electrons. The van der Waals surface area contributed by atoms with Crippen LogP contribution in [-0.2, 0) is 24.2 Å². The van der Waals surface area contributed by atoms with Crippen LogP contribution >= 0.6 is 0 Å². The molecule has 2 rings (SSSR count). The first kappa shape index (κ1) is 21.4. The molecule has 1 amide bonds. The number of amidine groups is 1. The fourth-order valence-electron chi connectivity index (χ4n) is 2.54. The molecule has 0 fully saturated rings. The zero-order valence-corrected chi connectivity index (χ0v) is 16.1. The molecule has 29 heavy (non-hydrogen) atoms. The van der Waals surface area contributed by atoms with Gasteiger partial charge in [0.15, 0.2) is 0 Å². The number of nitrogen functional groups attached to an aromatic ring is 1. The molecule has 0 heterocycles. The first-order chi connectivity index (χ1) is 14.0. The maximum atomic E-state index is 12.3. The van der Waals surface area contributed by atoms with Crippen LogP contribution in [0.25, 0.3) is 0 Å². The largest absolute Gasteiger partial charge is 0.404 e. The fraction of sp³-hybridized carbons (Fsp3) is 0.182. The van der Waals surface area contributed by atoms with Gasteiger partial charge in [-0.2, -0.15) is 5.26 Å². The lowest BCUT2D eigenvalue weighted by Crippen LogP contribution is -2.25. The van der Waals surface area contributed by atoms with E-state index in [1.54, 1.807) is 24.3 Å². The monoisotopic (exact) mass is 388 g/mol. The van der Waals surface area contributed by atoms with Crippen molar-refractivity contribution >= 4 is 18.0 Å². The molecule has 0 aliphatic carbocycles. The second kappa shape index (κ2) is 11.0. The van der Waals surface area contributed by atoms with Crippen LogP contribution in [-0.4, -0.2) is 24.5 Å². The highest BCUT2D eigenvalue weighted by molar-refractivity contribution is 6.12. The maximum absolute atomic E-state index is 12.3. The van der Waals surface area contributed by atoms with Crippen molar-refractivity contribution in [2.45, 2.75) is 19.4 Å². The molecule has 0 aliphatic rings. The van der Waals surface area contributed by atoms with Crippen LogP contribution in [0.2, 0.25) is 0 Å². The Morgan fingerprint density at radius 3 is 2.31 bits per heavy atom. The average Bonchev–Trinajstić information content (AvgIpc) is 2.73. The molecule has 0 aromatic heterocycles. The van der Waals surface area contributed by atoms with Crippen molar-refractivity contribution in [2.24, 2.45) is 16.5 Å². The van der Waals surface area contributed by atoms with Gasteiger partial charge in [0.05, 0.1) is 18.1 Å². The molecule has 0 spiro atoms. The van der Waals surface area contributed by atoms with Gasteiger partial charge in [-0.05, 0) is 23.1 Å². The Hall–Kier alpha value is -3.92. The molecule has 6 N–H and O–H groups in total. The predicted molar refractivity (Wildman–Crippen MR) is 114 cm³/mol. The number of nitrogens with zero attached hydrogens (tertiary/aromatic N) is 2. The second-order valence-electron chi connectivity index (χ2n) is 6.35. The van der Waals surface area contributed by atoms with Gasteiger partial charge in [0, 0.05) is 31.1 Å². The Balaban J connectivity index is 1.81. The van der Waals surface area contributed by atoms with Gasteiger partial charge in [-0.25, -0.2) is 0 Å². The number of aliphatic imine (C=N–C) groups is 1. The number of hydrogen-bond acceptors (Lipinski definition) is 5. The third-order valence-electron chi connectivity index (χ3n) is 4.23. The maximum Gasteiger partial charge on any atom is 0.254 e. The normalized spacial score (nSPS) is 11.2. The van der Waals surface area contributed by atoms with Crippen molar-refractivity contribution in [1.82, 2.24) is 5.32 Å². The number of nitrogens with two attached hydrogens (primary N) is 2. The SMILES string of the molecule is N#CCc1ccc(CCN=C/C(=C\N)C(=O)NCc2ccc(C(=N)N)cc2)cc1. The average molecular weight is 388 g/mol. The Labute approximate surface area is 170 Å². The van der Waals surface area contributed by atoms with E-state index in [-0.39, 0.29) is 17.3 Å². The zero-order chi connectivity index (χ0) is 21.1. The first-order valence-corrected chi connectivity index (χ1v) is 9.11. The summed E-state index contributed by atoms with van der Waals surface area (Å²) in [4.78, 5) is 16.5. The molecule has 2 aromatic carbocycles. The summed E-state index contributed by atoms with van der Waals surface area (Å²) in [6.45, 7) is 0.853. The second-order valence-corrected chi connectivity index (χ2v) is 6.35. The molecule has 0 saturated carbocycles. The number of hydrogen-bond donors (Lipinski definition) is 4. The smallest absolute Gasteiger partial charge is 0.254 e. The minimum Gasteiger partial charge on any atom is -0.404 e. The third-order valence-corrected chi connectivity index (χ3v) is 4.23. The van der Waals surface area contributed by atoms with Gasteiger partial charge >= 0.3 is 0 Å². The van der Waals surface area contributed by atoms with Crippen LogP contribution in [0.3, 0.4) is 0 Å². The van der Waals surface area contributed by atoms with Crippen molar-refractivity contribution in [1.29, 1.82) is 10.7 Å². The molecule has 7 heteroatoms. The molecular formula is C22H24N6O. The molecule has 7 nitrogen and oxygen atoms in total. The topological polar surface area (TPSA) is 141 Å². The van der Waals surface area contributed by atoms with Crippen molar-refractivity contribution in [3.63, 3.8) is 0 Å². The van der Waals surface area contributed by atoms with Crippen LogP contribution in [0, 0.1) is 16.7 Å². The van der Waals surface area contributed by atoms with E-state index in [4.69, 9.17) is 22.1 Å². The first-order valence-electron chi connectivity index (χ1n) is 9.11. The number of benzene rings is 2. The highest BCUT2D eigenvalue weighted by atomic mass is 16.1. The van der Waals surface area contributed by atoms with E-state index < -0.39 is 0 Å². The van der Waals surface area contributed by atoms with E-state index >= 15 is 0 Å². The van der Waals surface area contributed by atoms with E-state index in [0.717, 1.165) is 23.1 Å². The molecule has 0 atom stereocenters. The molecule has 0 radical (unpaired) electrons. The van der Waals surface area contributed by atoms with Gasteiger partial charge < -0.3 is 16.8 Å². The third kappa shape index (κ3) is 6.96. The van der Waals surface area contributed by atoms with E-state index in [1.807, 2.05) is 24.3 Å². The quantitative estimate of drug-likeness (QED) is 0.295. The summed E-state index contributed by atoms with van der Waals surface area (Å²) >= 11 is 0. The zero-order valence-electron chi connectivity index (χ0n) is 16.1. The Morgan fingerprint density at radius 2 is 1.72 bits per heavy atom. The van der Waals surface area contributed by atoms with Gasteiger partial charge in [-0.3, -0.25) is 15.2 Å². The van der Waals surface area contributed by atoms with Crippen LogP contribution in [0.4, 0.5) is 0 Å². The summed E-state index contributed by atoms with van der Waals surface area (Å²) in [5.74, 6) is -0.309. The Bertz CT molecular complexity index is 937. The number of amides is 1. The van der Waals surface area contributed by atoms with Crippen LogP contribution in [0.1, 0.15) is 22.3 Å². The summed E-state index contributed by atoms with van der Waals surface area (Å²) in [5, 5.41) is 18.9. The van der Waals surface area contributed by atoms with E-state index in [9.17, 15) is 4.79 Å². The minimum absolute atomic E-state index is 0.00302. The highest BCUT2D eigenvalue weighted by Gasteiger charge is 2.06. The van der Waals surface area contributed by atoms with Crippen molar-refractivity contribution in [2.75, 3.05) is 6.54 Å². The van der Waals surface area contributed by atoms with E-state index in [0.29, 0.717) is 25.1 Å². The lowest BCUT2D eigenvalue weighted by molar-refractivity contribution is -0.117. The number of nitriles is 1. The molecule has 0 aliphatic heterocycles. The van der Waals surface area contributed by atoms with E-state index in [2.05, 4.69) is 16.4 Å². The van der Waals surface area contributed by atoms with Gasteiger partial charge in [0.25, 0.3) is 5.91 Å². The number of carbonyl (C=O) groups is 1. The molecule has 2 aromatic rings. The minimum atomic E-state index is -0.312. The summed E-state index contributed by atoms with van der Waals surface area (Å²) in [6.07, 6.45) is 3.83. The van der Waals surface area contributed by atoms with Gasteiger partial charge in [-0.1, -0.05) is 48.5 Å². The predicted octanol–water partition coefficient (Wildman–Crippen LogP) is 1.81. The number of rotatable bonds is 9. The lowest BCUT2D eigenvalue weighted by Gasteiger charge is -2.06. The molecule has 0 bridgehead atoms. The van der Waals surface area contributed by atoms with Crippen LogP contribution < -0.4 is 16.8 Å². The highest BCUT2D eigenvalue weighted by Crippen LogP contribution is 2.06. The molecule has 0 unspecified atom stereocenters. The summed E-state index contributed by atoms with van der Waals surface area (Å²) in [5.41, 5.74) is 14.9. The lowest BCUT2D eigenvalue weighted by atomic mass is 10.1. The van der Waals surface area contributed by atoms with Crippen molar-refractivity contribution in [3.8, 4) is 6.07 Å². The summed E-state index contributed by atoms with van der Waals surface area (Å²) < 4.78 is 0. The Kier molecular flexibility index (Phi) is 8.14. The number of nitrogens with one attached hydrogen (secondary N) is 2. The van der Waals surface area contributed by atoms with Crippen molar-refractivity contribution in [3.05, 3.63) is 82.6 Å². The summed E-state index contributed by atoms with van der Waals surface area (Å²) in [7, 11) is 0. The van der Waals surface area contributed by atoms with Gasteiger partial charge in [0.2, 0.25) is 0 Å². The summed E-state index contributed by atoms with van der Waals surface area (Å²) in [6, 6.07) is 17.0. The van der Waals surface area contributed by atoms with Gasteiger partial charge in [0.1, 0.15) is 5.84 Å². The number of carbonyl (C=O) groups excluding carboxylic acids is 1. The van der Waals surface area contributed by atoms with Crippen molar-refractivity contribution < 1.29 is 4.79 Å². The van der Waals surface area contributed by atoms with Crippen LogP contribution in [0.5, 0.6) is 0 Å². The molecular weight excluding hydrogens is 364 g/mol. The Morgan fingerprint density at radius 1 is 1.10 bits per heavy atom. The standard InChI is InChI=1S/C22H24N6O/c23-11-9-16-1-3-17(4-2-16)10-12-27-15-20(13-24)22(29)28-14-18-5-7-19(8-6-18)21(25)26/h1-8,13,15H,9-10,12,14,24H2,(H3,25,26)(H,28,29)/b20-13+,27-15?.